The zero-order chi connectivity index (χ0) is 17.8. The van der Waals surface area contributed by atoms with Gasteiger partial charge < -0.3 is 10.6 Å². The maximum atomic E-state index is 12.4. The summed E-state index contributed by atoms with van der Waals surface area (Å²) in [4.78, 5) is 17.0. The van der Waals surface area contributed by atoms with Gasteiger partial charge in [0.2, 0.25) is 0 Å². The minimum absolute atomic E-state index is 0.0708. The number of likely N-dealkylation sites (N-methyl/N-ethyl adjacent to an activating group) is 1. The standard InChI is InChI=1S/C20H24N4O/c1-4-21-14(2)13-22-20(25)16-10-11-19-18(12-16)23-15(3)24(19)17-8-6-5-7-9-17/h5-12,14,21H,4,13H2,1-3H3,(H,22,25)/t14-/m1/s1. The summed E-state index contributed by atoms with van der Waals surface area (Å²) < 4.78 is 2.10. The maximum absolute atomic E-state index is 12.4. The van der Waals surface area contributed by atoms with E-state index in [1.54, 1.807) is 0 Å². The molecule has 2 aromatic carbocycles. The molecule has 0 bridgehead atoms. The molecule has 0 aliphatic carbocycles. The molecule has 25 heavy (non-hydrogen) atoms. The molecule has 0 fully saturated rings. The number of hydrogen-bond acceptors (Lipinski definition) is 3. The van der Waals surface area contributed by atoms with Crippen LogP contribution in [0.15, 0.2) is 48.5 Å². The van der Waals surface area contributed by atoms with Gasteiger partial charge in [0, 0.05) is 23.8 Å². The Morgan fingerprint density at radius 2 is 1.96 bits per heavy atom. The van der Waals surface area contributed by atoms with Crippen molar-refractivity contribution in [1.29, 1.82) is 0 Å². The highest BCUT2D eigenvalue weighted by atomic mass is 16.1. The Kier molecular flexibility index (Phi) is 5.14. The number of nitrogens with one attached hydrogen (secondary N) is 2. The minimum atomic E-state index is -0.0708. The molecule has 130 valence electrons. The van der Waals surface area contributed by atoms with Crippen molar-refractivity contribution >= 4 is 16.9 Å². The second kappa shape index (κ2) is 7.49. The van der Waals surface area contributed by atoms with Crippen LogP contribution < -0.4 is 10.6 Å². The molecule has 0 spiro atoms. The second-order valence-electron chi connectivity index (χ2n) is 6.20. The van der Waals surface area contributed by atoms with Crippen LogP contribution in [0, 0.1) is 6.92 Å². The molecule has 0 saturated carbocycles. The topological polar surface area (TPSA) is 58.9 Å². The van der Waals surface area contributed by atoms with E-state index in [4.69, 9.17) is 0 Å². The van der Waals surface area contributed by atoms with Crippen molar-refractivity contribution in [2.24, 2.45) is 0 Å². The van der Waals surface area contributed by atoms with Crippen molar-refractivity contribution in [3.05, 3.63) is 59.9 Å². The fourth-order valence-corrected chi connectivity index (χ4v) is 3.01. The number of nitrogens with zero attached hydrogens (tertiary/aromatic N) is 2. The van der Waals surface area contributed by atoms with Crippen LogP contribution in [0.25, 0.3) is 16.7 Å². The molecular weight excluding hydrogens is 312 g/mol. The first-order chi connectivity index (χ1) is 12.1. The van der Waals surface area contributed by atoms with Gasteiger partial charge in [0.15, 0.2) is 0 Å². The van der Waals surface area contributed by atoms with Crippen molar-refractivity contribution in [2.45, 2.75) is 26.8 Å². The molecule has 1 aromatic heterocycles. The zero-order valence-corrected chi connectivity index (χ0v) is 14.9. The Bertz CT molecular complexity index is 870. The molecule has 2 N–H and O–H groups in total. The lowest BCUT2D eigenvalue weighted by atomic mass is 10.1. The lowest BCUT2D eigenvalue weighted by molar-refractivity contribution is 0.0950. The van der Waals surface area contributed by atoms with E-state index in [2.05, 4.69) is 46.2 Å². The SMILES string of the molecule is CCN[C@H](C)CNC(=O)c1ccc2c(c1)nc(C)n2-c1ccccc1. The van der Waals surface area contributed by atoms with Gasteiger partial charge >= 0.3 is 0 Å². The molecule has 5 heteroatoms. The fourth-order valence-electron chi connectivity index (χ4n) is 3.01. The number of amides is 1. The first-order valence-corrected chi connectivity index (χ1v) is 8.66. The summed E-state index contributed by atoms with van der Waals surface area (Å²) >= 11 is 0. The maximum Gasteiger partial charge on any atom is 0.251 e. The lowest BCUT2D eigenvalue weighted by Gasteiger charge is -2.13. The summed E-state index contributed by atoms with van der Waals surface area (Å²) in [6.45, 7) is 7.57. The first kappa shape index (κ1) is 17.2. The van der Waals surface area contributed by atoms with Crippen LogP contribution in [0.5, 0.6) is 0 Å². The Morgan fingerprint density at radius 3 is 2.68 bits per heavy atom. The molecule has 3 rings (SSSR count). The summed E-state index contributed by atoms with van der Waals surface area (Å²) in [5.74, 6) is 0.832. The first-order valence-electron chi connectivity index (χ1n) is 8.66. The molecule has 1 amide bonds. The number of carbonyl (C=O) groups is 1. The highest BCUT2D eigenvalue weighted by molar-refractivity contribution is 5.97. The van der Waals surface area contributed by atoms with Gasteiger partial charge in [-0.05, 0) is 50.7 Å². The number of hydrogen-bond donors (Lipinski definition) is 2. The van der Waals surface area contributed by atoms with Gasteiger partial charge in [-0.1, -0.05) is 25.1 Å². The number of aromatic nitrogens is 2. The number of aryl methyl sites for hydroxylation is 1. The molecule has 0 saturated heterocycles. The minimum Gasteiger partial charge on any atom is -0.350 e. The monoisotopic (exact) mass is 336 g/mol. The van der Waals surface area contributed by atoms with Gasteiger partial charge in [-0.2, -0.15) is 0 Å². The van der Waals surface area contributed by atoms with E-state index < -0.39 is 0 Å². The van der Waals surface area contributed by atoms with Gasteiger partial charge in [-0.3, -0.25) is 9.36 Å². The van der Waals surface area contributed by atoms with Crippen molar-refractivity contribution in [3.8, 4) is 5.69 Å². The van der Waals surface area contributed by atoms with Gasteiger partial charge in [-0.15, -0.1) is 0 Å². The molecule has 0 aliphatic rings. The van der Waals surface area contributed by atoms with Gasteiger partial charge in [0.25, 0.3) is 5.91 Å². The highest BCUT2D eigenvalue weighted by Gasteiger charge is 2.13. The van der Waals surface area contributed by atoms with Crippen molar-refractivity contribution in [2.75, 3.05) is 13.1 Å². The van der Waals surface area contributed by atoms with Crippen LogP contribution in [-0.2, 0) is 0 Å². The van der Waals surface area contributed by atoms with E-state index in [0.717, 1.165) is 29.1 Å². The van der Waals surface area contributed by atoms with Crippen LogP contribution in [0.2, 0.25) is 0 Å². The van der Waals surface area contributed by atoms with Crippen molar-refractivity contribution < 1.29 is 4.79 Å². The van der Waals surface area contributed by atoms with Crippen LogP contribution in [0.1, 0.15) is 30.0 Å². The molecule has 0 aliphatic heterocycles. The van der Waals surface area contributed by atoms with E-state index in [1.807, 2.05) is 43.3 Å². The summed E-state index contributed by atoms with van der Waals surface area (Å²) in [6.07, 6.45) is 0. The average molecular weight is 336 g/mol. The number of fused-ring (bicyclic) bond motifs is 1. The normalized spacial score (nSPS) is 12.3. The third-order valence-corrected chi connectivity index (χ3v) is 4.22. The smallest absolute Gasteiger partial charge is 0.251 e. The lowest BCUT2D eigenvalue weighted by Crippen LogP contribution is -2.38. The Morgan fingerprint density at radius 1 is 1.20 bits per heavy atom. The van der Waals surface area contributed by atoms with E-state index in [-0.39, 0.29) is 11.9 Å². The largest absolute Gasteiger partial charge is 0.350 e. The van der Waals surface area contributed by atoms with Gasteiger partial charge in [0.1, 0.15) is 5.82 Å². The highest BCUT2D eigenvalue weighted by Crippen LogP contribution is 2.22. The van der Waals surface area contributed by atoms with E-state index in [9.17, 15) is 4.79 Å². The zero-order valence-electron chi connectivity index (χ0n) is 14.9. The number of imidazole rings is 1. The Hall–Kier alpha value is -2.66. The predicted molar refractivity (Wildman–Crippen MR) is 101 cm³/mol. The summed E-state index contributed by atoms with van der Waals surface area (Å²) in [7, 11) is 0. The molecule has 0 radical (unpaired) electrons. The van der Waals surface area contributed by atoms with E-state index >= 15 is 0 Å². The average Bonchev–Trinajstić information content (AvgIpc) is 2.95. The van der Waals surface area contributed by atoms with Crippen LogP contribution >= 0.6 is 0 Å². The summed E-state index contributed by atoms with van der Waals surface area (Å²) in [5.41, 5.74) is 3.53. The molecular formula is C20H24N4O. The van der Waals surface area contributed by atoms with Crippen molar-refractivity contribution in [1.82, 2.24) is 20.2 Å². The third-order valence-electron chi connectivity index (χ3n) is 4.22. The number of para-hydroxylation sites is 1. The molecule has 1 atom stereocenters. The fraction of sp³-hybridized carbons (Fsp3) is 0.300. The quantitative estimate of drug-likeness (QED) is 0.727. The van der Waals surface area contributed by atoms with Crippen molar-refractivity contribution in [3.63, 3.8) is 0 Å². The van der Waals surface area contributed by atoms with Crippen LogP contribution in [-0.4, -0.2) is 34.6 Å². The predicted octanol–water partition coefficient (Wildman–Crippen LogP) is 3.06. The summed E-state index contributed by atoms with van der Waals surface area (Å²) in [5, 5.41) is 6.25. The summed E-state index contributed by atoms with van der Waals surface area (Å²) in [6, 6.07) is 16.0. The number of carbonyl (C=O) groups excluding carboxylic acids is 1. The van der Waals surface area contributed by atoms with Crippen LogP contribution in [0.3, 0.4) is 0 Å². The second-order valence-corrected chi connectivity index (χ2v) is 6.20. The van der Waals surface area contributed by atoms with Gasteiger partial charge in [-0.25, -0.2) is 4.98 Å². The molecule has 0 unspecified atom stereocenters. The Labute approximate surface area is 148 Å². The molecule has 3 aromatic rings. The molecule has 5 nitrogen and oxygen atoms in total. The third kappa shape index (κ3) is 3.72. The van der Waals surface area contributed by atoms with E-state index in [1.165, 1.54) is 0 Å². The number of rotatable bonds is 6. The van der Waals surface area contributed by atoms with E-state index in [0.29, 0.717) is 12.1 Å². The number of benzene rings is 2. The molecule has 1 heterocycles. The van der Waals surface area contributed by atoms with Crippen LogP contribution in [0.4, 0.5) is 0 Å². The van der Waals surface area contributed by atoms with Gasteiger partial charge in [0.05, 0.1) is 11.0 Å². The Balaban J connectivity index is 1.85.